The maximum atomic E-state index is 2.40. The number of aromatic nitrogens is 1. The molecule has 4 rings (SSSR count). The third kappa shape index (κ3) is 1.52. The van der Waals surface area contributed by atoms with Crippen LogP contribution in [0.3, 0.4) is 0 Å². The predicted octanol–water partition coefficient (Wildman–Crippen LogP) is 2.99. The van der Waals surface area contributed by atoms with E-state index in [1.54, 1.807) is 0 Å². The van der Waals surface area contributed by atoms with Crippen LogP contribution in [0.5, 0.6) is 0 Å². The van der Waals surface area contributed by atoms with Crippen LogP contribution < -0.4 is 14.3 Å². The van der Waals surface area contributed by atoms with Gasteiger partial charge < -0.3 is 0 Å². The van der Waals surface area contributed by atoms with Crippen LogP contribution in [-0.2, 0) is 0 Å². The molecule has 0 fully saturated rings. The largest absolute Gasteiger partial charge is 0.327 e. The maximum absolute atomic E-state index is 2.40. The SMILES string of the molecule is IC=C1C=c2sc3sc4ccccc4[n+]3c2=CC1. The summed E-state index contributed by atoms with van der Waals surface area (Å²) in [5.74, 6) is 0. The molecule has 0 spiro atoms. The van der Waals surface area contributed by atoms with Crippen LogP contribution in [0.2, 0.25) is 0 Å². The Morgan fingerprint density at radius 1 is 1.22 bits per heavy atom. The fourth-order valence-corrected chi connectivity index (χ4v) is 5.32. The van der Waals surface area contributed by atoms with Crippen molar-refractivity contribution in [3.63, 3.8) is 0 Å². The van der Waals surface area contributed by atoms with Crippen molar-refractivity contribution in [3.8, 4) is 0 Å². The van der Waals surface area contributed by atoms with Crippen molar-refractivity contribution in [3.05, 3.63) is 43.8 Å². The zero-order valence-electron chi connectivity index (χ0n) is 9.39. The summed E-state index contributed by atoms with van der Waals surface area (Å²) >= 11 is 6.10. The number of hydrogen-bond acceptors (Lipinski definition) is 2. The molecule has 0 saturated heterocycles. The lowest BCUT2D eigenvalue weighted by atomic mass is 10.1. The highest BCUT2D eigenvalue weighted by Crippen LogP contribution is 2.22. The van der Waals surface area contributed by atoms with Gasteiger partial charge in [0.25, 0.3) is 0 Å². The average molecular weight is 382 g/mol. The molecular formula is C14H9INS2+. The van der Waals surface area contributed by atoms with Crippen molar-refractivity contribution in [2.45, 2.75) is 6.42 Å². The third-order valence-corrected chi connectivity index (χ3v) is 6.29. The van der Waals surface area contributed by atoms with Crippen molar-refractivity contribution in [2.24, 2.45) is 0 Å². The summed E-state index contributed by atoms with van der Waals surface area (Å²) in [6.45, 7) is 0. The Morgan fingerprint density at radius 2 is 2.11 bits per heavy atom. The van der Waals surface area contributed by atoms with Crippen molar-refractivity contribution in [1.29, 1.82) is 0 Å². The molecule has 0 radical (unpaired) electrons. The molecule has 3 aromatic rings. The van der Waals surface area contributed by atoms with Crippen molar-refractivity contribution < 1.29 is 4.40 Å². The molecular weight excluding hydrogens is 373 g/mol. The Labute approximate surface area is 126 Å². The molecule has 0 saturated carbocycles. The van der Waals surface area contributed by atoms with Crippen LogP contribution in [0, 0.1) is 0 Å². The molecule has 2 aromatic heterocycles. The standard InChI is InChI=1S/C14H9INS2/c15-8-9-5-6-11-13(7-9)18-14-16(11)10-3-1-2-4-12(10)17-14/h1-4,6-8H,5H2/q+1. The zero-order valence-corrected chi connectivity index (χ0v) is 13.2. The van der Waals surface area contributed by atoms with Gasteiger partial charge in [-0.2, -0.15) is 0 Å². The molecule has 1 aliphatic rings. The van der Waals surface area contributed by atoms with E-state index in [4.69, 9.17) is 0 Å². The minimum atomic E-state index is 1.04. The number of para-hydroxylation sites is 1. The van der Waals surface area contributed by atoms with Gasteiger partial charge in [0.1, 0.15) is 9.23 Å². The van der Waals surface area contributed by atoms with E-state index in [2.05, 4.69) is 67.5 Å². The van der Waals surface area contributed by atoms with Gasteiger partial charge in [-0.05, 0) is 34.3 Å². The number of thiazole rings is 2. The molecule has 0 aliphatic heterocycles. The smallest absolute Gasteiger partial charge is 0.133 e. The first-order valence-corrected chi connectivity index (χ1v) is 8.58. The van der Waals surface area contributed by atoms with Crippen LogP contribution in [0.1, 0.15) is 6.42 Å². The highest BCUT2D eigenvalue weighted by atomic mass is 127. The van der Waals surface area contributed by atoms with Gasteiger partial charge in [-0.25, -0.2) is 0 Å². The van der Waals surface area contributed by atoms with Crippen LogP contribution in [-0.4, -0.2) is 0 Å². The molecule has 18 heavy (non-hydrogen) atoms. The van der Waals surface area contributed by atoms with Crippen LogP contribution >= 0.6 is 45.3 Å². The number of nitrogens with zero attached hydrogens (tertiary/aromatic N) is 1. The first kappa shape index (κ1) is 11.1. The topological polar surface area (TPSA) is 4.10 Å². The molecule has 2 heterocycles. The second-order valence-corrected chi connectivity index (χ2v) is 7.20. The fraction of sp³-hybridized carbons (Fsp3) is 0.0714. The molecule has 0 unspecified atom stereocenters. The van der Waals surface area contributed by atoms with E-state index in [0.29, 0.717) is 0 Å². The number of fused-ring (bicyclic) bond motifs is 5. The Balaban J connectivity index is 2.24. The Hall–Kier alpha value is -0.720. The van der Waals surface area contributed by atoms with Gasteiger partial charge in [-0.1, -0.05) is 57.4 Å². The number of rotatable bonds is 0. The van der Waals surface area contributed by atoms with E-state index in [1.807, 2.05) is 22.7 Å². The van der Waals surface area contributed by atoms with Crippen LogP contribution in [0.4, 0.5) is 0 Å². The van der Waals surface area contributed by atoms with E-state index in [-0.39, 0.29) is 0 Å². The minimum Gasteiger partial charge on any atom is -0.133 e. The van der Waals surface area contributed by atoms with E-state index in [9.17, 15) is 0 Å². The highest BCUT2D eigenvalue weighted by Gasteiger charge is 2.19. The number of benzene rings is 1. The van der Waals surface area contributed by atoms with Crippen molar-refractivity contribution in [1.82, 2.24) is 0 Å². The molecule has 1 aromatic carbocycles. The number of hydrogen-bond donors (Lipinski definition) is 0. The lowest BCUT2D eigenvalue weighted by Crippen LogP contribution is -2.44. The van der Waals surface area contributed by atoms with Gasteiger partial charge in [0.05, 0.1) is 0 Å². The van der Waals surface area contributed by atoms with Gasteiger partial charge in [-0.15, -0.1) is 4.40 Å². The number of allylic oxidation sites excluding steroid dienone is 1. The molecule has 88 valence electrons. The average Bonchev–Trinajstić information content (AvgIpc) is 2.92. The summed E-state index contributed by atoms with van der Waals surface area (Å²) in [6, 6.07) is 8.65. The quantitative estimate of drug-likeness (QED) is 0.416. The first-order chi connectivity index (χ1) is 8.86. The molecule has 0 N–H and O–H groups in total. The van der Waals surface area contributed by atoms with Crippen LogP contribution in [0.15, 0.2) is 33.9 Å². The summed E-state index contributed by atoms with van der Waals surface area (Å²) in [7, 11) is 0. The van der Waals surface area contributed by atoms with Crippen LogP contribution in [0.25, 0.3) is 26.5 Å². The molecule has 0 amide bonds. The van der Waals surface area contributed by atoms with E-state index in [0.717, 1.165) is 6.42 Å². The third-order valence-electron chi connectivity index (χ3n) is 3.16. The molecule has 0 atom stereocenters. The van der Waals surface area contributed by atoms with E-state index >= 15 is 0 Å². The van der Waals surface area contributed by atoms with E-state index in [1.165, 1.54) is 29.8 Å². The normalized spacial score (nSPS) is 16.8. The molecule has 4 heteroatoms. The summed E-state index contributed by atoms with van der Waals surface area (Å²) in [5, 5.41) is 1.37. The van der Waals surface area contributed by atoms with E-state index < -0.39 is 0 Å². The number of halogens is 1. The minimum absolute atomic E-state index is 1.04. The Morgan fingerprint density at radius 3 is 3.00 bits per heavy atom. The second kappa shape index (κ2) is 4.15. The first-order valence-electron chi connectivity index (χ1n) is 5.70. The lowest BCUT2D eigenvalue weighted by Gasteiger charge is -1.95. The summed E-state index contributed by atoms with van der Waals surface area (Å²) in [5.41, 5.74) is 2.74. The van der Waals surface area contributed by atoms with Gasteiger partial charge >= 0.3 is 4.14 Å². The van der Waals surface area contributed by atoms with Gasteiger partial charge in [0.2, 0.25) is 10.9 Å². The summed E-state index contributed by atoms with van der Waals surface area (Å²) in [4.78, 5) is 0. The second-order valence-electron chi connectivity index (χ2n) is 4.26. The molecule has 0 bridgehead atoms. The van der Waals surface area contributed by atoms with Crippen molar-refractivity contribution in [2.75, 3.05) is 0 Å². The van der Waals surface area contributed by atoms with Gasteiger partial charge in [0.15, 0.2) is 0 Å². The zero-order chi connectivity index (χ0) is 12.1. The predicted molar refractivity (Wildman–Crippen MR) is 87.8 cm³/mol. The lowest BCUT2D eigenvalue weighted by molar-refractivity contribution is -0.489. The fourth-order valence-electron chi connectivity index (χ4n) is 2.33. The Bertz CT molecular complexity index is 914. The summed E-state index contributed by atoms with van der Waals surface area (Å²) < 4.78 is 8.72. The maximum Gasteiger partial charge on any atom is 0.327 e. The van der Waals surface area contributed by atoms with Gasteiger partial charge in [0, 0.05) is 6.07 Å². The summed E-state index contributed by atoms with van der Waals surface area (Å²) in [6.07, 6.45) is 5.71. The van der Waals surface area contributed by atoms with Crippen molar-refractivity contribution >= 4 is 71.8 Å². The highest BCUT2D eigenvalue weighted by molar-refractivity contribution is 14.1. The Kier molecular flexibility index (Phi) is 2.56. The van der Waals surface area contributed by atoms with Gasteiger partial charge in [-0.3, -0.25) is 0 Å². The molecule has 1 aliphatic carbocycles. The monoisotopic (exact) mass is 382 g/mol. The molecule has 1 nitrogen and oxygen atoms in total.